The van der Waals surface area contributed by atoms with Crippen molar-refractivity contribution in [3.8, 4) is 5.69 Å². The van der Waals surface area contributed by atoms with Gasteiger partial charge in [0.2, 0.25) is 0 Å². The molecule has 0 radical (unpaired) electrons. The van der Waals surface area contributed by atoms with E-state index < -0.39 is 0 Å². The third kappa shape index (κ3) is 3.08. The van der Waals surface area contributed by atoms with Crippen molar-refractivity contribution in [3.05, 3.63) is 97.1 Å². The molecule has 1 aliphatic heterocycles. The number of hydrogen-bond acceptors (Lipinski definition) is 2. The highest BCUT2D eigenvalue weighted by Gasteiger charge is 2.51. The lowest BCUT2D eigenvalue weighted by Gasteiger charge is -2.32. The first-order chi connectivity index (χ1) is 17.3. The number of fused-ring (bicyclic) bond motifs is 6. The van der Waals surface area contributed by atoms with Crippen molar-refractivity contribution in [2.45, 2.75) is 38.9 Å². The van der Waals surface area contributed by atoms with Crippen LogP contribution in [0, 0.1) is 0 Å². The van der Waals surface area contributed by atoms with E-state index in [-0.39, 0.29) is 18.3 Å². The molecule has 0 unspecified atom stereocenters. The molecule has 1 aromatic heterocycles. The van der Waals surface area contributed by atoms with E-state index in [1.165, 1.54) is 49.0 Å². The van der Waals surface area contributed by atoms with Crippen molar-refractivity contribution in [2.75, 3.05) is 0 Å². The predicted molar refractivity (Wildman–Crippen MR) is 152 cm³/mol. The van der Waals surface area contributed by atoms with E-state index in [9.17, 15) is 0 Å². The summed E-state index contributed by atoms with van der Waals surface area (Å²) >= 11 is 0. The lowest BCUT2D eigenvalue weighted by molar-refractivity contribution is 0.00578. The minimum Gasteiger partial charge on any atom is -0.399 e. The molecular weight excluding hydrogens is 441 g/mol. The van der Waals surface area contributed by atoms with E-state index in [1.807, 2.05) is 0 Å². The van der Waals surface area contributed by atoms with Crippen LogP contribution in [0.25, 0.3) is 49.0 Å². The SMILES string of the molecule is CC1(C)OB(c2ccc3c(ccc4cc5c(cc43)c3ccccc3n5-c3ccccc3)c2)OC1(C)C. The van der Waals surface area contributed by atoms with Crippen LogP contribution in [-0.2, 0) is 9.31 Å². The van der Waals surface area contributed by atoms with Gasteiger partial charge in [0.15, 0.2) is 0 Å². The maximum absolute atomic E-state index is 6.31. The average molecular weight is 469 g/mol. The van der Waals surface area contributed by atoms with Crippen LogP contribution in [0.2, 0.25) is 0 Å². The molecule has 5 aromatic carbocycles. The summed E-state index contributed by atoms with van der Waals surface area (Å²) < 4.78 is 15.0. The number of hydrogen-bond donors (Lipinski definition) is 0. The minimum absolute atomic E-state index is 0.353. The molecule has 2 heterocycles. The third-order valence-corrected chi connectivity index (χ3v) is 8.19. The molecule has 7 rings (SSSR count). The lowest BCUT2D eigenvalue weighted by atomic mass is 9.78. The molecule has 176 valence electrons. The molecular formula is C32H28BNO2. The fourth-order valence-corrected chi connectivity index (χ4v) is 5.53. The second kappa shape index (κ2) is 7.46. The quantitative estimate of drug-likeness (QED) is 0.195. The van der Waals surface area contributed by atoms with Gasteiger partial charge in [0, 0.05) is 16.5 Å². The van der Waals surface area contributed by atoms with Gasteiger partial charge in [-0.2, -0.15) is 0 Å². The molecule has 0 atom stereocenters. The summed E-state index contributed by atoms with van der Waals surface area (Å²) in [4.78, 5) is 0. The Balaban J connectivity index is 1.44. The number of nitrogens with zero attached hydrogens (tertiary/aromatic N) is 1. The first kappa shape index (κ1) is 21.7. The number of benzene rings is 5. The van der Waals surface area contributed by atoms with Gasteiger partial charge in [0.25, 0.3) is 0 Å². The monoisotopic (exact) mass is 469 g/mol. The second-order valence-corrected chi connectivity index (χ2v) is 10.9. The first-order valence-electron chi connectivity index (χ1n) is 12.6. The maximum atomic E-state index is 6.31. The van der Waals surface area contributed by atoms with Crippen molar-refractivity contribution in [1.29, 1.82) is 0 Å². The number of aromatic nitrogens is 1. The summed E-state index contributed by atoms with van der Waals surface area (Å²) in [6.45, 7) is 8.38. The van der Waals surface area contributed by atoms with Crippen molar-refractivity contribution >= 4 is 55.9 Å². The average Bonchev–Trinajstić information content (AvgIpc) is 3.31. The normalized spacial score (nSPS) is 17.1. The zero-order valence-corrected chi connectivity index (χ0v) is 21.1. The topological polar surface area (TPSA) is 23.4 Å². The smallest absolute Gasteiger partial charge is 0.399 e. The van der Waals surface area contributed by atoms with E-state index >= 15 is 0 Å². The van der Waals surface area contributed by atoms with Crippen molar-refractivity contribution in [3.63, 3.8) is 0 Å². The number of para-hydroxylation sites is 2. The van der Waals surface area contributed by atoms with Gasteiger partial charge >= 0.3 is 7.12 Å². The Morgan fingerprint density at radius 3 is 1.97 bits per heavy atom. The molecule has 0 aliphatic carbocycles. The first-order valence-corrected chi connectivity index (χ1v) is 12.6. The Hall–Kier alpha value is -3.60. The van der Waals surface area contributed by atoms with Crippen LogP contribution in [0.1, 0.15) is 27.7 Å². The predicted octanol–water partition coefficient (Wildman–Crippen LogP) is 7.39. The van der Waals surface area contributed by atoms with Gasteiger partial charge in [-0.15, -0.1) is 0 Å². The molecule has 1 fully saturated rings. The van der Waals surface area contributed by atoms with E-state index in [2.05, 4.69) is 129 Å². The van der Waals surface area contributed by atoms with Gasteiger partial charge in [-0.3, -0.25) is 0 Å². The molecule has 0 saturated carbocycles. The van der Waals surface area contributed by atoms with E-state index in [4.69, 9.17) is 9.31 Å². The molecule has 0 N–H and O–H groups in total. The molecule has 3 nitrogen and oxygen atoms in total. The molecule has 0 spiro atoms. The molecule has 0 amide bonds. The van der Waals surface area contributed by atoms with Crippen LogP contribution in [-0.4, -0.2) is 22.9 Å². The van der Waals surface area contributed by atoms with Crippen molar-refractivity contribution < 1.29 is 9.31 Å². The molecule has 36 heavy (non-hydrogen) atoms. The summed E-state index contributed by atoms with van der Waals surface area (Å²) in [7, 11) is -0.360. The van der Waals surface area contributed by atoms with E-state index in [1.54, 1.807) is 0 Å². The molecule has 1 saturated heterocycles. The Morgan fingerprint density at radius 1 is 0.556 bits per heavy atom. The van der Waals surface area contributed by atoms with Gasteiger partial charge in [0.05, 0.1) is 22.2 Å². The van der Waals surface area contributed by atoms with E-state index in [0.717, 1.165) is 5.46 Å². The second-order valence-electron chi connectivity index (χ2n) is 10.9. The highest BCUT2D eigenvalue weighted by Crippen LogP contribution is 2.38. The Bertz CT molecular complexity index is 1780. The van der Waals surface area contributed by atoms with Crippen LogP contribution < -0.4 is 5.46 Å². The summed E-state index contributed by atoms with van der Waals surface area (Å²) in [6.07, 6.45) is 0. The Labute approximate surface area is 211 Å². The zero-order valence-electron chi connectivity index (χ0n) is 21.1. The number of rotatable bonds is 2. The van der Waals surface area contributed by atoms with Crippen LogP contribution >= 0.6 is 0 Å². The lowest BCUT2D eigenvalue weighted by Crippen LogP contribution is -2.41. The fourth-order valence-electron chi connectivity index (χ4n) is 5.53. The summed E-state index contributed by atoms with van der Waals surface area (Å²) in [6, 6.07) is 35.0. The van der Waals surface area contributed by atoms with Gasteiger partial charge in [0.1, 0.15) is 0 Å². The minimum atomic E-state index is -0.360. The fraction of sp³-hybridized carbons (Fsp3) is 0.188. The highest BCUT2D eigenvalue weighted by molar-refractivity contribution is 6.62. The standard InChI is InChI=1S/C32H28BNO2/c1-31(2)32(3,4)36-33(35-31)23-16-17-25-21(18-23)14-15-22-19-30-28(20-27(22)25)26-12-8-9-13-29(26)34(30)24-10-6-5-7-11-24/h5-20H,1-4H3. The largest absolute Gasteiger partial charge is 0.494 e. The molecule has 1 aliphatic rings. The van der Waals surface area contributed by atoms with Crippen molar-refractivity contribution in [2.24, 2.45) is 0 Å². The van der Waals surface area contributed by atoms with Gasteiger partial charge in [-0.05, 0) is 85.0 Å². The summed E-state index contributed by atoms with van der Waals surface area (Å²) in [5, 5.41) is 7.47. The van der Waals surface area contributed by atoms with Gasteiger partial charge in [-0.1, -0.05) is 66.7 Å². The van der Waals surface area contributed by atoms with Gasteiger partial charge < -0.3 is 13.9 Å². The van der Waals surface area contributed by atoms with Crippen LogP contribution in [0.4, 0.5) is 0 Å². The van der Waals surface area contributed by atoms with Crippen LogP contribution in [0.3, 0.4) is 0 Å². The van der Waals surface area contributed by atoms with Gasteiger partial charge in [-0.25, -0.2) is 0 Å². The zero-order chi connectivity index (χ0) is 24.7. The highest BCUT2D eigenvalue weighted by atomic mass is 16.7. The maximum Gasteiger partial charge on any atom is 0.494 e. The molecule has 6 aromatic rings. The Kier molecular flexibility index (Phi) is 4.49. The summed E-state index contributed by atoms with van der Waals surface area (Å²) in [5.74, 6) is 0. The summed E-state index contributed by atoms with van der Waals surface area (Å²) in [5.41, 5.74) is 3.98. The third-order valence-electron chi connectivity index (χ3n) is 8.19. The molecule has 4 heteroatoms. The van der Waals surface area contributed by atoms with Crippen LogP contribution in [0.5, 0.6) is 0 Å². The van der Waals surface area contributed by atoms with Crippen LogP contribution in [0.15, 0.2) is 97.1 Å². The molecule has 0 bridgehead atoms. The van der Waals surface area contributed by atoms with E-state index in [0.29, 0.717) is 0 Å². The van der Waals surface area contributed by atoms with Crippen molar-refractivity contribution in [1.82, 2.24) is 4.57 Å². The Morgan fingerprint density at radius 2 is 1.22 bits per heavy atom.